The molecule has 0 aromatic carbocycles. The standard InChI is InChI=1S/C32H61N5O7/c1-25(2)33(12)26(38)21-34-13-15-35(22-27(39)42-30(3,4)5)17-19-37(24-29(41)44-32(9,10)11)20-18-36(16-14-34)23-28(40)43-31(6,7)8/h25H,13-24H2,1-12H3. The van der Waals surface area contributed by atoms with Gasteiger partial charge in [0.05, 0.1) is 26.2 Å². The van der Waals surface area contributed by atoms with Crippen molar-refractivity contribution in [1.82, 2.24) is 24.5 Å². The average molecular weight is 628 g/mol. The van der Waals surface area contributed by atoms with Gasteiger partial charge >= 0.3 is 17.9 Å². The quantitative estimate of drug-likeness (QED) is 0.277. The van der Waals surface area contributed by atoms with Crippen molar-refractivity contribution in [2.75, 3.05) is 85.6 Å². The molecular weight excluding hydrogens is 566 g/mol. The molecule has 0 aromatic heterocycles. The van der Waals surface area contributed by atoms with Crippen LogP contribution in [-0.2, 0) is 33.4 Å². The molecule has 12 heteroatoms. The molecule has 256 valence electrons. The van der Waals surface area contributed by atoms with Crippen molar-refractivity contribution in [3.63, 3.8) is 0 Å². The van der Waals surface area contributed by atoms with E-state index in [2.05, 4.69) is 4.90 Å². The van der Waals surface area contributed by atoms with E-state index < -0.39 is 16.8 Å². The number of hydrogen-bond acceptors (Lipinski definition) is 11. The molecule has 0 aromatic rings. The second kappa shape index (κ2) is 17.4. The monoisotopic (exact) mass is 627 g/mol. The van der Waals surface area contributed by atoms with Crippen LogP contribution in [0.25, 0.3) is 0 Å². The van der Waals surface area contributed by atoms with Crippen LogP contribution < -0.4 is 0 Å². The normalized spacial score (nSPS) is 17.8. The molecule has 0 atom stereocenters. The van der Waals surface area contributed by atoms with Crippen LogP contribution in [0.15, 0.2) is 0 Å². The summed E-state index contributed by atoms with van der Waals surface area (Å²) in [6, 6.07) is 0.0678. The summed E-state index contributed by atoms with van der Waals surface area (Å²) >= 11 is 0. The number of rotatable bonds is 9. The Hall–Kier alpha value is -2.28. The van der Waals surface area contributed by atoms with Crippen molar-refractivity contribution >= 4 is 23.8 Å². The lowest BCUT2D eigenvalue weighted by Gasteiger charge is -2.34. The summed E-state index contributed by atoms with van der Waals surface area (Å²) in [5.41, 5.74) is -1.83. The zero-order chi connectivity index (χ0) is 33.9. The third-order valence-corrected chi connectivity index (χ3v) is 6.77. The zero-order valence-corrected chi connectivity index (χ0v) is 29.7. The van der Waals surface area contributed by atoms with E-state index in [4.69, 9.17) is 14.2 Å². The van der Waals surface area contributed by atoms with Crippen LogP contribution in [0, 0.1) is 0 Å². The number of carbonyl (C=O) groups is 4. The summed E-state index contributed by atoms with van der Waals surface area (Å²) < 4.78 is 16.8. The zero-order valence-electron chi connectivity index (χ0n) is 29.7. The second-order valence-electron chi connectivity index (χ2n) is 15.0. The van der Waals surface area contributed by atoms with E-state index in [0.717, 1.165) is 0 Å². The predicted molar refractivity (Wildman–Crippen MR) is 171 cm³/mol. The van der Waals surface area contributed by atoms with Crippen LogP contribution >= 0.6 is 0 Å². The van der Waals surface area contributed by atoms with Crippen LogP contribution in [0.4, 0.5) is 0 Å². The highest BCUT2D eigenvalue weighted by Crippen LogP contribution is 2.11. The number of carbonyl (C=O) groups excluding carboxylic acids is 4. The minimum atomic E-state index is -0.611. The van der Waals surface area contributed by atoms with Gasteiger partial charge in [-0.2, -0.15) is 0 Å². The van der Waals surface area contributed by atoms with Crippen LogP contribution in [0.1, 0.15) is 76.2 Å². The first-order valence-electron chi connectivity index (χ1n) is 15.8. The molecule has 1 rings (SSSR count). The summed E-state index contributed by atoms with van der Waals surface area (Å²) in [6.45, 7) is 25.1. The Morgan fingerprint density at radius 3 is 0.955 bits per heavy atom. The van der Waals surface area contributed by atoms with Crippen molar-refractivity contribution in [2.24, 2.45) is 0 Å². The van der Waals surface area contributed by atoms with E-state index in [-0.39, 0.29) is 56.0 Å². The van der Waals surface area contributed by atoms with Gasteiger partial charge < -0.3 is 19.1 Å². The first-order valence-corrected chi connectivity index (χ1v) is 15.8. The van der Waals surface area contributed by atoms with Gasteiger partial charge in [-0.1, -0.05) is 0 Å². The number of nitrogens with zero attached hydrogens (tertiary/aromatic N) is 5. The molecule has 1 fully saturated rings. The van der Waals surface area contributed by atoms with E-state index >= 15 is 0 Å². The van der Waals surface area contributed by atoms with Crippen LogP contribution in [0.3, 0.4) is 0 Å². The van der Waals surface area contributed by atoms with Crippen molar-refractivity contribution in [1.29, 1.82) is 0 Å². The van der Waals surface area contributed by atoms with Gasteiger partial charge in [0.15, 0.2) is 0 Å². The summed E-state index contributed by atoms with van der Waals surface area (Å²) in [7, 11) is 1.80. The molecule has 0 N–H and O–H groups in total. The van der Waals surface area contributed by atoms with Gasteiger partial charge in [0, 0.05) is 65.4 Å². The molecule has 0 unspecified atom stereocenters. The third-order valence-electron chi connectivity index (χ3n) is 6.77. The molecule has 0 bridgehead atoms. The van der Waals surface area contributed by atoms with E-state index in [1.807, 2.05) is 90.9 Å². The number of amides is 1. The molecule has 0 saturated carbocycles. The van der Waals surface area contributed by atoms with E-state index in [0.29, 0.717) is 52.4 Å². The van der Waals surface area contributed by atoms with Crippen molar-refractivity contribution in [2.45, 2.75) is 99.0 Å². The molecule has 0 spiro atoms. The maximum Gasteiger partial charge on any atom is 0.320 e. The molecule has 12 nitrogen and oxygen atoms in total. The summed E-state index contributed by atoms with van der Waals surface area (Å²) in [5.74, 6) is -0.975. The first kappa shape index (κ1) is 39.7. The Morgan fingerprint density at radius 2 is 0.750 bits per heavy atom. The van der Waals surface area contributed by atoms with Gasteiger partial charge in [0.2, 0.25) is 5.91 Å². The minimum absolute atomic E-state index is 0.00742. The fraction of sp³-hybridized carbons (Fsp3) is 0.875. The van der Waals surface area contributed by atoms with Gasteiger partial charge in [0.25, 0.3) is 0 Å². The summed E-state index contributed by atoms with van der Waals surface area (Å²) in [6.07, 6.45) is 0. The molecule has 0 radical (unpaired) electrons. The Morgan fingerprint density at radius 1 is 0.523 bits per heavy atom. The van der Waals surface area contributed by atoms with Crippen molar-refractivity contribution in [3.05, 3.63) is 0 Å². The van der Waals surface area contributed by atoms with Crippen molar-refractivity contribution < 1.29 is 33.4 Å². The highest BCUT2D eigenvalue weighted by atomic mass is 16.6. The third kappa shape index (κ3) is 18.5. The Balaban J connectivity index is 3.25. The number of ether oxygens (including phenoxy) is 3. The molecule has 1 amide bonds. The van der Waals surface area contributed by atoms with Gasteiger partial charge in [-0.25, -0.2) is 0 Å². The van der Waals surface area contributed by atoms with Gasteiger partial charge in [0.1, 0.15) is 16.8 Å². The topological polar surface area (TPSA) is 112 Å². The number of likely N-dealkylation sites (N-methyl/N-ethyl adjacent to an activating group) is 1. The second-order valence-corrected chi connectivity index (χ2v) is 15.0. The fourth-order valence-electron chi connectivity index (χ4n) is 4.47. The summed E-state index contributed by atoms with van der Waals surface area (Å²) in [4.78, 5) is 61.3. The van der Waals surface area contributed by atoms with Crippen LogP contribution in [0.2, 0.25) is 0 Å². The Labute approximate surface area is 266 Å². The smallest absolute Gasteiger partial charge is 0.320 e. The van der Waals surface area contributed by atoms with Crippen LogP contribution in [0.5, 0.6) is 0 Å². The molecule has 1 aliphatic rings. The molecule has 1 saturated heterocycles. The van der Waals surface area contributed by atoms with E-state index in [1.165, 1.54) is 0 Å². The molecule has 0 aliphatic carbocycles. The number of esters is 3. The predicted octanol–water partition coefficient (Wildman–Crippen LogP) is 2.10. The Kier molecular flexibility index (Phi) is 15.7. The summed E-state index contributed by atoms with van der Waals surface area (Å²) in [5, 5.41) is 0. The first-order chi connectivity index (χ1) is 20.0. The molecular formula is C32H61N5O7. The minimum Gasteiger partial charge on any atom is -0.459 e. The average Bonchev–Trinajstić information content (AvgIpc) is 2.81. The maximum atomic E-state index is 13.1. The SMILES string of the molecule is CC(C)N(C)C(=O)CN1CCN(CC(=O)OC(C)(C)C)CCN(CC(=O)OC(C)(C)C)CCN(CC(=O)OC(C)(C)C)CC1. The molecule has 1 aliphatic heterocycles. The van der Waals surface area contributed by atoms with Gasteiger partial charge in [-0.05, 0) is 76.2 Å². The number of hydrogen-bond donors (Lipinski definition) is 0. The fourth-order valence-corrected chi connectivity index (χ4v) is 4.47. The highest BCUT2D eigenvalue weighted by Gasteiger charge is 2.26. The van der Waals surface area contributed by atoms with E-state index in [1.54, 1.807) is 11.9 Å². The van der Waals surface area contributed by atoms with Gasteiger partial charge in [-0.15, -0.1) is 0 Å². The lowest BCUT2D eigenvalue weighted by atomic mass is 10.2. The molecule has 44 heavy (non-hydrogen) atoms. The largest absolute Gasteiger partial charge is 0.459 e. The highest BCUT2D eigenvalue weighted by molar-refractivity contribution is 5.78. The van der Waals surface area contributed by atoms with Gasteiger partial charge in [-0.3, -0.25) is 38.8 Å². The Bertz CT molecular complexity index is 891. The van der Waals surface area contributed by atoms with Crippen LogP contribution in [-0.4, -0.2) is 157 Å². The lowest BCUT2D eigenvalue weighted by Crippen LogP contribution is -2.51. The maximum absolute atomic E-state index is 13.1. The molecule has 1 heterocycles. The lowest BCUT2D eigenvalue weighted by molar-refractivity contribution is -0.158. The van der Waals surface area contributed by atoms with E-state index in [9.17, 15) is 19.2 Å². The van der Waals surface area contributed by atoms with Crippen molar-refractivity contribution in [3.8, 4) is 0 Å².